The van der Waals surface area contributed by atoms with Crippen LogP contribution in [0.5, 0.6) is 5.75 Å². The Balaban J connectivity index is 1.70. The van der Waals surface area contributed by atoms with Crippen LogP contribution in [-0.2, 0) is 27.9 Å². The molecule has 2 aromatic carbocycles. The van der Waals surface area contributed by atoms with Crippen molar-refractivity contribution in [2.75, 3.05) is 7.11 Å². The lowest BCUT2D eigenvalue weighted by atomic mass is 10.3. The highest BCUT2D eigenvalue weighted by molar-refractivity contribution is 7.90. The Morgan fingerprint density at radius 1 is 1.00 bits per heavy atom. The molecular weight excluding hydrogens is 432 g/mol. The van der Waals surface area contributed by atoms with Gasteiger partial charge in [-0.3, -0.25) is 14.3 Å². The van der Waals surface area contributed by atoms with Gasteiger partial charge < -0.3 is 10.1 Å². The molecule has 32 heavy (non-hydrogen) atoms. The summed E-state index contributed by atoms with van der Waals surface area (Å²) < 4.78 is 33.5. The quantitative estimate of drug-likeness (QED) is 0.457. The number of methoxy groups -OCH3 is 1. The summed E-state index contributed by atoms with van der Waals surface area (Å²) in [7, 11) is -2.73. The maximum atomic E-state index is 13.3. The number of benzene rings is 2. The lowest BCUT2D eigenvalue weighted by Gasteiger charge is -2.07. The Labute approximate surface area is 184 Å². The van der Waals surface area contributed by atoms with Crippen molar-refractivity contribution >= 4 is 27.0 Å². The first-order valence-electron chi connectivity index (χ1n) is 9.67. The van der Waals surface area contributed by atoms with E-state index in [9.17, 15) is 18.0 Å². The molecule has 1 N–H and O–H groups in total. The van der Waals surface area contributed by atoms with Crippen LogP contribution in [0, 0.1) is 0 Å². The highest BCUT2D eigenvalue weighted by Gasteiger charge is 2.26. The minimum atomic E-state index is -4.20. The van der Waals surface area contributed by atoms with E-state index in [-0.39, 0.29) is 23.5 Å². The van der Waals surface area contributed by atoms with E-state index in [1.165, 1.54) is 37.4 Å². The fraction of sp³-hybridized carbons (Fsp3) is 0.136. The first-order chi connectivity index (χ1) is 15.4. The van der Waals surface area contributed by atoms with Gasteiger partial charge >= 0.3 is 5.69 Å². The Hall–Kier alpha value is -3.92. The van der Waals surface area contributed by atoms with Gasteiger partial charge in [-0.05, 0) is 54.1 Å². The second kappa shape index (κ2) is 8.67. The first-order valence-corrected chi connectivity index (χ1v) is 11.1. The summed E-state index contributed by atoms with van der Waals surface area (Å²) in [4.78, 5) is 29.6. The second-order valence-electron chi connectivity index (χ2n) is 6.93. The Morgan fingerprint density at radius 3 is 2.31 bits per heavy atom. The largest absolute Gasteiger partial charge is 0.497 e. The number of aromatic nitrogens is 3. The van der Waals surface area contributed by atoms with Crippen molar-refractivity contribution in [2.45, 2.75) is 18.0 Å². The molecule has 1 amide bonds. The molecule has 0 saturated carbocycles. The van der Waals surface area contributed by atoms with Gasteiger partial charge in [-0.2, -0.15) is 3.97 Å². The van der Waals surface area contributed by atoms with E-state index >= 15 is 0 Å². The Bertz CT molecular complexity index is 1420. The monoisotopic (exact) mass is 452 g/mol. The number of ether oxygens (including phenoxy) is 1. The molecule has 0 aliphatic rings. The lowest BCUT2D eigenvalue weighted by molar-refractivity contribution is -0.121. The van der Waals surface area contributed by atoms with Crippen molar-refractivity contribution < 1.29 is 17.9 Å². The summed E-state index contributed by atoms with van der Waals surface area (Å²) in [6.07, 6.45) is 3.23. The number of para-hydroxylation sites is 2. The molecule has 0 unspecified atom stereocenters. The average molecular weight is 452 g/mol. The molecule has 0 spiro atoms. The summed E-state index contributed by atoms with van der Waals surface area (Å²) in [5.41, 5.74) is 0.565. The van der Waals surface area contributed by atoms with Crippen LogP contribution >= 0.6 is 0 Å². The van der Waals surface area contributed by atoms with Crippen LogP contribution < -0.4 is 15.7 Å². The maximum Gasteiger partial charge on any atom is 0.343 e. The minimum absolute atomic E-state index is 0.0644. The average Bonchev–Trinajstić information content (AvgIpc) is 3.10. The van der Waals surface area contributed by atoms with Gasteiger partial charge in [0.05, 0.1) is 23.0 Å². The minimum Gasteiger partial charge on any atom is -0.497 e. The third kappa shape index (κ3) is 4.00. The molecule has 164 valence electrons. The predicted octanol–water partition coefficient (Wildman–Crippen LogP) is 1.76. The number of nitrogens with one attached hydrogen (secondary N) is 1. The van der Waals surface area contributed by atoms with Crippen molar-refractivity contribution in [3.05, 3.63) is 89.1 Å². The zero-order valence-corrected chi connectivity index (χ0v) is 18.0. The standard InChI is InChI=1S/C22H20N4O5S/c1-31-17-6-8-18(9-7-17)32(29,30)26-20-5-3-2-4-19(20)25(22(26)28)15-21(27)24-14-16-10-12-23-13-11-16/h2-13H,14-15H2,1H3,(H,24,27). The fourth-order valence-corrected chi connectivity index (χ4v) is 4.73. The summed E-state index contributed by atoms with van der Waals surface area (Å²) in [6, 6.07) is 15.7. The highest BCUT2D eigenvalue weighted by Crippen LogP contribution is 2.21. The fourth-order valence-electron chi connectivity index (χ4n) is 3.32. The van der Waals surface area contributed by atoms with Crippen molar-refractivity contribution in [1.82, 2.24) is 18.8 Å². The van der Waals surface area contributed by atoms with Crippen LogP contribution in [0.15, 0.2) is 82.7 Å². The number of rotatable bonds is 7. The van der Waals surface area contributed by atoms with Crippen LogP contribution in [0.4, 0.5) is 0 Å². The number of nitrogens with zero attached hydrogens (tertiary/aromatic N) is 3. The third-order valence-corrected chi connectivity index (χ3v) is 6.64. The zero-order valence-electron chi connectivity index (χ0n) is 17.1. The van der Waals surface area contributed by atoms with Crippen LogP contribution in [0.1, 0.15) is 5.56 Å². The molecule has 9 nitrogen and oxygen atoms in total. The molecule has 4 aromatic rings. The van der Waals surface area contributed by atoms with Gasteiger partial charge in [0.2, 0.25) is 5.91 Å². The molecule has 0 aliphatic heterocycles. The van der Waals surface area contributed by atoms with Gasteiger partial charge in [-0.1, -0.05) is 12.1 Å². The van der Waals surface area contributed by atoms with Crippen molar-refractivity contribution in [1.29, 1.82) is 0 Å². The van der Waals surface area contributed by atoms with Crippen molar-refractivity contribution in [2.24, 2.45) is 0 Å². The molecule has 0 atom stereocenters. The summed E-state index contributed by atoms with van der Waals surface area (Å²) >= 11 is 0. The van der Waals surface area contributed by atoms with E-state index in [0.29, 0.717) is 11.3 Å². The highest BCUT2D eigenvalue weighted by atomic mass is 32.2. The van der Waals surface area contributed by atoms with Crippen LogP contribution in [0.2, 0.25) is 0 Å². The number of fused-ring (bicyclic) bond motifs is 1. The van der Waals surface area contributed by atoms with E-state index in [2.05, 4.69) is 10.3 Å². The molecule has 4 rings (SSSR count). The first kappa shape index (κ1) is 21.3. The molecule has 10 heteroatoms. The third-order valence-electron chi connectivity index (χ3n) is 4.93. The van der Waals surface area contributed by atoms with Crippen LogP contribution in [0.3, 0.4) is 0 Å². The summed E-state index contributed by atoms with van der Waals surface area (Å²) in [6.45, 7) is -0.0611. The second-order valence-corrected chi connectivity index (χ2v) is 8.72. The lowest BCUT2D eigenvalue weighted by Crippen LogP contribution is -2.34. The molecule has 0 aliphatic carbocycles. The number of pyridine rings is 1. The molecule has 2 heterocycles. The van der Waals surface area contributed by atoms with Crippen LogP contribution in [0.25, 0.3) is 11.0 Å². The number of imidazole rings is 1. The van der Waals surface area contributed by atoms with Crippen molar-refractivity contribution in [3.63, 3.8) is 0 Å². The smallest absolute Gasteiger partial charge is 0.343 e. The number of hydrogen-bond donors (Lipinski definition) is 1. The van der Waals surface area contributed by atoms with Gasteiger partial charge in [0.15, 0.2) is 0 Å². The maximum absolute atomic E-state index is 13.3. The Kier molecular flexibility index (Phi) is 5.78. The van der Waals surface area contributed by atoms with E-state index in [0.717, 1.165) is 14.1 Å². The SMILES string of the molecule is COc1ccc(S(=O)(=O)n2c(=O)n(CC(=O)NCc3ccncc3)c3ccccc32)cc1. The number of amides is 1. The molecular formula is C22H20N4O5S. The van der Waals surface area contributed by atoms with E-state index in [1.807, 2.05) is 0 Å². The summed E-state index contributed by atoms with van der Waals surface area (Å²) in [5, 5.41) is 2.73. The van der Waals surface area contributed by atoms with Crippen molar-refractivity contribution in [3.8, 4) is 5.75 Å². The normalized spacial score (nSPS) is 11.4. The molecule has 0 bridgehead atoms. The molecule has 0 fully saturated rings. The predicted molar refractivity (Wildman–Crippen MR) is 118 cm³/mol. The zero-order chi connectivity index (χ0) is 22.7. The molecule has 2 aromatic heterocycles. The molecule has 0 saturated heterocycles. The Morgan fingerprint density at radius 2 is 1.66 bits per heavy atom. The summed E-state index contributed by atoms with van der Waals surface area (Å²) in [5.74, 6) is 0.0678. The van der Waals surface area contributed by atoms with Gasteiger partial charge in [-0.15, -0.1) is 0 Å². The van der Waals surface area contributed by atoms with E-state index in [1.54, 1.807) is 42.7 Å². The van der Waals surface area contributed by atoms with Gasteiger partial charge in [0.1, 0.15) is 12.3 Å². The number of carbonyl (C=O) groups excluding carboxylic acids is 1. The van der Waals surface area contributed by atoms with Crippen LogP contribution in [-0.4, -0.2) is 35.0 Å². The van der Waals surface area contributed by atoms with E-state index in [4.69, 9.17) is 4.74 Å². The molecule has 0 radical (unpaired) electrons. The topological polar surface area (TPSA) is 112 Å². The van der Waals surface area contributed by atoms with Gasteiger partial charge in [0, 0.05) is 18.9 Å². The van der Waals surface area contributed by atoms with Gasteiger partial charge in [-0.25, -0.2) is 13.2 Å². The van der Waals surface area contributed by atoms with E-state index < -0.39 is 21.6 Å². The number of hydrogen-bond acceptors (Lipinski definition) is 6. The van der Waals surface area contributed by atoms with Gasteiger partial charge in [0.25, 0.3) is 10.0 Å². The number of carbonyl (C=O) groups is 1.